The van der Waals surface area contributed by atoms with Gasteiger partial charge in [0.05, 0.1) is 0 Å². The Morgan fingerprint density at radius 2 is 1.75 bits per heavy atom. The number of rotatable bonds is 2. The van der Waals surface area contributed by atoms with Crippen LogP contribution in [0.15, 0.2) is 12.1 Å². The second-order valence-corrected chi connectivity index (χ2v) is 3.70. The summed E-state index contributed by atoms with van der Waals surface area (Å²) >= 11 is 12.0. The van der Waals surface area contributed by atoms with Gasteiger partial charge in [0.15, 0.2) is 0 Å². The molecule has 0 heterocycles. The third-order valence-electron chi connectivity index (χ3n) is 1.98. The van der Waals surface area contributed by atoms with Crippen molar-refractivity contribution in [1.82, 2.24) is 0 Å². The number of hydrogen-bond donors (Lipinski definition) is 0. The van der Waals surface area contributed by atoms with E-state index in [0.717, 1.165) is 28.5 Å². The molecule has 0 N–H and O–H groups in total. The lowest BCUT2D eigenvalue weighted by atomic mass is 10.0. The standard InChI is InChI=1S/C10H12Cl2/c1-3-4-8-7(2)9(11)5-6-10(8)12/h5-6H,3-4H2,1-2H3. The van der Waals surface area contributed by atoms with Crippen LogP contribution >= 0.6 is 23.2 Å². The van der Waals surface area contributed by atoms with Crippen molar-refractivity contribution in [2.75, 3.05) is 0 Å². The van der Waals surface area contributed by atoms with E-state index in [0.29, 0.717) is 0 Å². The first-order valence-corrected chi connectivity index (χ1v) is 4.86. The maximum Gasteiger partial charge on any atom is 0.0441 e. The summed E-state index contributed by atoms with van der Waals surface area (Å²) in [5.74, 6) is 0. The Bertz CT molecular complexity index is 279. The molecule has 0 amide bonds. The highest BCUT2D eigenvalue weighted by Gasteiger charge is 2.05. The molecule has 0 bridgehead atoms. The third kappa shape index (κ3) is 1.94. The Labute approximate surface area is 83.5 Å². The monoisotopic (exact) mass is 202 g/mol. The molecule has 0 atom stereocenters. The first kappa shape index (κ1) is 9.88. The van der Waals surface area contributed by atoms with Crippen molar-refractivity contribution in [2.45, 2.75) is 26.7 Å². The highest BCUT2D eigenvalue weighted by molar-refractivity contribution is 6.34. The quantitative estimate of drug-likeness (QED) is 0.673. The average molecular weight is 203 g/mol. The van der Waals surface area contributed by atoms with Gasteiger partial charge in [0.1, 0.15) is 0 Å². The minimum absolute atomic E-state index is 0.808. The van der Waals surface area contributed by atoms with E-state index in [-0.39, 0.29) is 0 Å². The van der Waals surface area contributed by atoms with Crippen LogP contribution in [0, 0.1) is 6.92 Å². The van der Waals surface area contributed by atoms with Crippen molar-refractivity contribution >= 4 is 23.2 Å². The Balaban J connectivity index is 3.14. The second kappa shape index (κ2) is 4.15. The Hall–Kier alpha value is -0.200. The SMILES string of the molecule is CCCc1c(Cl)ccc(Cl)c1C. The predicted octanol–water partition coefficient (Wildman–Crippen LogP) is 4.25. The van der Waals surface area contributed by atoms with Gasteiger partial charge in [0.25, 0.3) is 0 Å². The molecule has 0 aliphatic rings. The smallest absolute Gasteiger partial charge is 0.0441 e. The van der Waals surface area contributed by atoms with E-state index in [1.165, 1.54) is 5.56 Å². The zero-order valence-electron chi connectivity index (χ0n) is 7.32. The number of benzene rings is 1. The van der Waals surface area contributed by atoms with E-state index in [9.17, 15) is 0 Å². The van der Waals surface area contributed by atoms with Gasteiger partial charge in [0.2, 0.25) is 0 Å². The van der Waals surface area contributed by atoms with Crippen molar-refractivity contribution < 1.29 is 0 Å². The van der Waals surface area contributed by atoms with Crippen LogP contribution in [0.4, 0.5) is 0 Å². The molecule has 0 nitrogen and oxygen atoms in total. The molecule has 0 aliphatic carbocycles. The van der Waals surface area contributed by atoms with Gasteiger partial charge >= 0.3 is 0 Å². The second-order valence-electron chi connectivity index (χ2n) is 2.88. The molecule has 0 spiro atoms. The highest BCUT2D eigenvalue weighted by atomic mass is 35.5. The predicted molar refractivity (Wildman–Crippen MR) is 55.2 cm³/mol. The van der Waals surface area contributed by atoms with Gasteiger partial charge in [-0.1, -0.05) is 36.5 Å². The number of hydrogen-bond acceptors (Lipinski definition) is 0. The summed E-state index contributed by atoms with van der Waals surface area (Å²) in [5.41, 5.74) is 2.30. The maximum atomic E-state index is 6.02. The van der Waals surface area contributed by atoms with E-state index in [1.807, 2.05) is 19.1 Å². The summed E-state index contributed by atoms with van der Waals surface area (Å²) in [6.07, 6.45) is 2.10. The van der Waals surface area contributed by atoms with Crippen LogP contribution in [0.5, 0.6) is 0 Å². The van der Waals surface area contributed by atoms with Crippen LogP contribution in [-0.2, 0) is 6.42 Å². The summed E-state index contributed by atoms with van der Waals surface area (Å²) in [6, 6.07) is 3.71. The molecule has 12 heavy (non-hydrogen) atoms. The largest absolute Gasteiger partial charge is 0.0840 e. The van der Waals surface area contributed by atoms with E-state index in [1.54, 1.807) is 0 Å². The van der Waals surface area contributed by atoms with Gasteiger partial charge < -0.3 is 0 Å². The molecule has 0 saturated heterocycles. The molecule has 1 rings (SSSR count). The maximum absolute atomic E-state index is 6.02. The molecule has 0 aromatic heterocycles. The summed E-state index contributed by atoms with van der Waals surface area (Å²) in [7, 11) is 0. The molecule has 0 unspecified atom stereocenters. The number of halogens is 2. The van der Waals surface area contributed by atoms with Crippen LogP contribution < -0.4 is 0 Å². The van der Waals surface area contributed by atoms with E-state index < -0.39 is 0 Å². The summed E-state index contributed by atoms with van der Waals surface area (Å²) in [4.78, 5) is 0. The zero-order valence-corrected chi connectivity index (χ0v) is 8.84. The highest BCUT2D eigenvalue weighted by Crippen LogP contribution is 2.27. The van der Waals surface area contributed by atoms with Gasteiger partial charge in [-0.3, -0.25) is 0 Å². The van der Waals surface area contributed by atoms with Crippen LogP contribution in [-0.4, -0.2) is 0 Å². The molecule has 1 aromatic carbocycles. The molecule has 0 aliphatic heterocycles. The molecule has 0 saturated carbocycles. The van der Waals surface area contributed by atoms with Gasteiger partial charge in [0, 0.05) is 10.0 Å². The molecule has 0 radical (unpaired) electrons. The van der Waals surface area contributed by atoms with E-state index in [4.69, 9.17) is 23.2 Å². The van der Waals surface area contributed by atoms with Crippen molar-refractivity contribution in [1.29, 1.82) is 0 Å². The fourth-order valence-corrected chi connectivity index (χ4v) is 1.73. The summed E-state index contributed by atoms with van der Waals surface area (Å²) in [6.45, 7) is 4.15. The fraction of sp³-hybridized carbons (Fsp3) is 0.400. The van der Waals surface area contributed by atoms with Crippen LogP contribution in [0.25, 0.3) is 0 Å². The molecule has 0 fully saturated rings. The van der Waals surface area contributed by atoms with Gasteiger partial charge in [-0.15, -0.1) is 0 Å². The lowest BCUT2D eigenvalue weighted by Gasteiger charge is -2.07. The fourth-order valence-electron chi connectivity index (χ4n) is 1.25. The minimum Gasteiger partial charge on any atom is -0.0840 e. The normalized spacial score (nSPS) is 10.3. The van der Waals surface area contributed by atoms with Gasteiger partial charge in [-0.05, 0) is 36.6 Å². The first-order chi connectivity index (χ1) is 5.66. The Morgan fingerprint density at radius 3 is 2.33 bits per heavy atom. The first-order valence-electron chi connectivity index (χ1n) is 4.10. The van der Waals surface area contributed by atoms with Gasteiger partial charge in [-0.25, -0.2) is 0 Å². The third-order valence-corrected chi connectivity index (χ3v) is 2.74. The topological polar surface area (TPSA) is 0 Å². The minimum atomic E-state index is 0.808. The van der Waals surface area contributed by atoms with E-state index >= 15 is 0 Å². The zero-order chi connectivity index (χ0) is 9.14. The lowest BCUT2D eigenvalue weighted by Crippen LogP contribution is -1.90. The van der Waals surface area contributed by atoms with Crippen molar-refractivity contribution in [3.8, 4) is 0 Å². The van der Waals surface area contributed by atoms with Crippen LogP contribution in [0.3, 0.4) is 0 Å². The summed E-state index contributed by atoms with van der Waals surface area (Å²) in [5, 5.41) is 1.64. The Kier molecular flexibility index (Phi) is 3.42. The molecule has 2 heteroatoms. The van der Waals surface area contributed by atoms with Crippen molar-refractivity contribution in [2.24, 2.45) is 0 Å². The summed E-state index contributed by atoms with van der Waals surface area (Å²) < 4.78 is 0. The average Bonchev–Trinajstić information content (AvgIpc) is 2.06. The molecule has 66 valence electrons. The van der Waals surface area contributed by atoms with Crippen LogP contribution in [0.1, 0.15) is 24.5 Å². The van der Waals surface area contributed by atoms with E-state index in [2.05, 4.69) is 6.92 Å². The molecular formula is C10H12Cl2. The Morgan fingerprint density at radius 1 is 1.17 bits per heavy atom. The molecule has 1 aromatic rings. The van der Waals surface area contributed by atoms with Crippen LogP contribution in [0.2, 0.25) is 10.0 Å². The van der Waals surface area contributed by atoms with Gasteiger partial charge in [-0.2, -0.15) is 0 Å². The molecular weight excluding hydrogens is 191 g/mol. The van der Waals surface area contributed by atoms with Crippen molar-refractivity contribution in [3.63, 3.8) is 0 Å². The lowest BCUT2D eigenvalue weighted by molar-refractivity contribution is 0.913. The van der Waals surface area contributed by atoms with Crippen molar-refractivity contribution in [3.05, 3.63) is 33.3 Å².